The van der Waals surface area contributed by atoms with Crippen molar-refractivity contribution < 1.29 is 9.53 Å². The highest BCUT2D eigenvalue weighted by Gasteiger charge is 2.30. The van der Waals surface area contributed by atoms with E-state index in [-0.39, 0.29) is 0 Å². The highest BCUT2D eigenvalue weighted by molar-refractivity contribution is 7.80. The summed E-state index contributed by atoms with van der Waals surface area (Å²) in [6.45, 7) is 7.45. The van der Waals surface area contributed by atoms with Crippen molar-refractivity contribution in [1.82, 2.24) is 14.7 Å². The lowest BCUT2D eigenvalue weighted by Crippen LogP contribution is -2.39. The molecule has 6 nitrogen and oxygen atoms in total. The number of ether oxygens (including phenoxy) is 1. The number of carbonyl (C=O) groups is 1. The number of carbonyl (C=O) groups excluding carboxylic acids is 1. The van der Waals surface area contributed by atoms with Gasteiger partial charge in [-0.15, -0.1) is 0 Å². The van der Waals surface area contributed by atoms with Crippen LogP contribution in [0, 0.1) is 13.8 Å². The van der Waals surface area contributed by atoms with Crippen LogP contribution >= 0.6 is 12.2 Å². The average Bonchev–Trinajstić information content (AvgIpc) is 3.15. The molecule has 0 radical (unpaired) electrons. The third-order valence-electron chi connectivity index (χ3n) is 5.48. The second-order valence-corrected chi connectivity index (χ2v) is 8.05. The van der Waals surface area contributed by atoms with Gasteiger partial charge in [0.15, 0.2) is 10.8 Å². The van der Waals surface area contributed by atoms with E-state index in [0.29, 0.717) is 24.0 Å². The molecule has 0 saturated heterocycles. The fourth-order valence-electron chi connectivity index (χ4n) is 3.76. The molecule has 2 aromatic carbocycles. The highest BCUT2D eigenvalue weighted by Crippen LogP contribution is 2.27. The third kappa shape index (κ3) is 4.32. The maximum absolute atomic E-state index is 12.7. The van der Waals surface area contributed by atoms with Crippen molar-refractivity contribution >= 4 is 29.0 Å². The van der Waals surface area contributed by atoms with E-state index in [9.17, 15) is 4.79 Å². The van der Waals surface area contributed by atoms with Crippen molar-refractivity contribution in [3.05, 3.63) is 76.6 Å². The molecule has 0 spiro atoms. The van der Waals surface area contributed by atoms with Gasteiger partial charge >= 0.3 is 5.97 Å². The van der Waals surface area contributed by atoms with Gasteiger partial charge in [-0.25, -0.2) is 9.48 Å². The molecule has 3 aromatic rings. The predicted molar refractivity (Wildman–Crippen MR) is 126 cm³/mol. The number of aromatic nitrogens is 2. The molecule has 0 unspecified atom stereocenters. The Balaban J connectivity index is 1.65. The van der Waals surface area contributed by atoms with E-state index >= 15 is 0 Å². The van der Waals surface area contributed by atoms with Crippen molar-refractivity contribution in [2.75, 3.05) is 18.5 Å². The minimum absolute atomic E-state index is 0.308. The molecule has 4 rings (SSSR count). The van der Waals surface area contributed by atoms with Crippen LogP contribution in [-0.2, 0) is 17.7 Å². The van der Waals surface area contributed by atoms with Crippen LogP contribution in [0.1, 0.15) is 39.8 Å². The maximum Gasteiger partial charge on any atom is 0.359 e. The largest absolute Gasteiger partial charge is 0.461 e. The molecule has 0 bridgehead atoms. The minimum Gasteiger partial charge on any atom is -0.461 e. The first-order valence-corrected chi connectivity index (χ1v) is 10.8. The van der Waals surface area contributed by atoms with Crippen LogP contribution in [0.4, 0.5) is 5.69 Å². The fourth-order valence-corrected chi connectivity index (χ4v) is 4.03. The van der Waals surface area contributed by atoms with Crippen molar-refractivity contribution in [3.8, 4) is 5.69 Å². The molecule has 2 heterocycles. The Morgan fingerprint density at radius 2 is 1.90 bits per heavy atom. The molecule has 1 N–H and O–H groups in total. The summed E-state index contributed by atoms with van der Waals surface area (Å²) < 4.78 is 7.16. The summed E-state index contributed by atoms with van der Waals surface area (Å²) in [6.07, 6.45) is 0.727. The summed E-state index contributed by atoms with van der Waals surface area (Å²) >= 11 is 5.69. The van der Waals surface area contributed by atoms with E-state index in [1.807, 2.05) is 67.1 Å². The molecular weight excluding hydrogens is 408 g/mol. The zero-order valence-electron chi connectivity index (χ0n) is 18.0. The van der Waals surface area contributed by atoms with Crippen LogP contribution in [0.2, 0.25) is 0 Å². The summed E-state index contributed by atoms with van der Waals surface area (Å²) in [7, 11) is 0. The summed E-state index contributed by atoms with van der Waals surface area (Å²) in [6, 6.07) is 16.2. The van der Waals surface area contributed by atoms with Gasteiger partial charge in [0.1, 0.15) is 0 Å². The second-order valence-electron chi connectivity index (χ2n) is 7.66. The summed E-state index contributed by atoms with van der Waals surface area (Å²) in [4.78, 5) is 14.7. The number of thiocarbonyl (C=S) groups is 1. The fraction of sp³-hybridized carbons (Fsp3) is 0.292. The van der Waals surface area contributed by atoms with Crippen molar-refractivity contribution in [3.63, 3.8) is 0 Å². The van der Waals surface area contributed by atoms with Gasteiger partial charge in [-0.1, -0.05) is 35.9 Å². The minimum atomic E-state index is -0.399. The second kappa shape index (κ2) is 8.89. The number of hydrogen-bond acceptors (Lipinski definition) is 4. The Labute approximate surface area is 187 Å². The number of para-hydroxylation sites is 1. The van der Waals surface area contributed by atoms with Gasteiger partial charge < -0.3 is 15.0 Å². The molecule has 1 aliphatic heterocycles. The molecule has 1 aliphatic rings. The van der Waals surface area contributed by atoms with Crippen LogP contribution in [0.25, 0.3) is 5.69 Å². The summed E-state index contributed by atoms with van der Waals surface area (Å²) in [5.41, 5.74) is 6.49. The van der Waals surface area contributed by atoms with E-state index < -0.39 is 5.97 Å². The SMILES string of the molecule is CCOC(=O)c1nn(-c2ccc(C)cc2)c2c1CN(C(=S)Nc1ccccc1C)CC2. The lowest BCUT2D eigenvalue weighted by atomic mass is 10.0. The van der Waals surface area contributed by atoms with E-state index in [1.54, 1.807) is 6.92 Å². The molecule has 160 valence electrons. The van der Waals surface area contributed by atoms with Gasteiger partial charge in [0, 0.05) is 30.8 Å². The monoisotopic (exact) mass is 434 g/mol. The van der Waals surface area contributed by atoms with E-state index in [4.69, 9.17) is 17.0 Å². The molecule has 0 aliphatic carbocycles. The van der Waals surface area contributed by atoms with Gasteiger partial charge in [-0.3, -0.25) is 0 Å². The molecule has 0 atom stereocenters. The standard InChI is InChI=1S/C24H26N4O2S/c1-4-30-23(29)22-19-15-27(24(31)25-20-8-6-5-7-17(20)3)14-13-21(19)28(26-22)18-11-9-16(2)10-12-18/h5-12H,4,13-15H2,1-3H3,(H,25,31). The van der Waals surface area contributed by atoms with Crippen LogP contribution in [-0.4, -0.2) is 38.9 Å². The molecular formula is C24H26N4O2S. The number of hydrogen-bond donors (Lipinski definition) is 1. The lowest BCUT2D eigenvalue weighted by molar-refractivity contribution is 0.0517. The first kappa shape index (κ1) is 21.1. The van der Waals surface area contributed by atoms with Crippen LogP contribution < -0.4 is 5.32 Å². The van der Waals surface area contributed by atoms with E-state index in [0.717, 1.165) is 41.2 Å². The molecule has 1 aromatic heterocycles. The zero-order chi connectivity index (χ0) is 22.0. The topological polar surface area (TPSA) is 59.4 Å². The number of rotatable bonds is 4. The molecule has 31 heavy (non-hydrogen) atoms. The molecule has 7 heteroatoms. The molecule has 0 amide bonds. The van der Waals surface area contributed by atoms with Crippen LogP contribution in [0.15, 0.2) is 48.5 Å². The Kier molecular flexibility index (Phi) is 6.04. The number of esters is 1. The highest BCUT2D eigenvalue weighted by atomic mass is 32.1. The van der Waals surface area contributed by atoms with Crippen molar-refractivity contribution in [2.45, 2.75) is 33.7 Å². The van der Waals surface area contributed by atoms with Gasteiger partial charge in [0.2, 0.25) is 0 Å². The van der Waals surface area contributed by atoms with Crippen LogP contribution in [0.3, 0.4) is 0 Å². The van der Waals surface area contributed by atoms with Gasteiger partial charge in [-0.05, 0) is 56.8 Å². The van der Waals surface area contributed by atoms with Crippen LogP contribution in [0.5, 0.6) is 0 Å². The Bertz CT molecular complexity index is 1120. The van der Waals surface area contributed by atoms with Gasteiger partial charge in [-0.2, -0.15) is 5.10 Å². The van der Waals surface area contributed by atoms with Crippen molar-refractivity contribution in [1.29, 1.82) is 0 Å². The van der Waals surface area contributed by atoms with Gasteiger partial charge in [0.25, 0.3) is 0 Å². The average molecular weight is 435 g/mol. The lowest BCUT2D eigenvalue weighted by Gasteiger charge is -2.30. The Morgan fingerprint density at radius 3 is 2.61 bits per heavy atom. The Morgan fingerprint density at radius 1 is 1.16 bits per heavy atom. The number of aryl methyl sites for hydroxylation is 2. The van der Waals surface area contributed by atoms with Crippen molar-refractivity contribution in [2.24, 2.45) is 0 Å². The maximum atomic E-state index is 12.7. The predicted octanol–water partition coefficient (Wildman–Crippen LogP) is 4.42. The number of anilines is 1. The summed E-state index contributed by atoms with van der Waals surface area (Å²) in [5, 5.41) is 8.63. The quantitative estimate of drug-likeness (QED) is 0.485. The number of nitrogens with one attached hydrogen (secondary N) is 1. The van der Waals surface area contributed by atoms with E-state index in [1.165, 1.54) is 5.56 Å². The first-order valence-electron chi connectivity index (χ1n) is 10.4. The third-order valence-corrected chi connectivity index (χ3v) is 5.84. The first-order chi connectivity index (χ1) is 15.0. The Hall–Kier alpha value is -3.19. The molecule has 0 saturated carbocycles. The molecule has 0 fully saturated rings. The number of fused-ring (bicyclic) bond motifs is 1. The summed E-state index contributed by atoms with van der Waals surface area (Å²) in [5.74, 6) is -0.399. The number of benzene rings is 2. The van der Waals surface area contributed by atoms with Gasteiger partial charge in [0.05, 0.1) is 18.0 Å². The van der Waals surface area contributed by atoms with E-state index in [2.05, 4.69) is 15.3 Å². The normalized spacial score (nSPS) is 12.9. The smallest absolute Gasteiger partial charge is 0.359 e. The zero-order valence-corrected chi connectivity index (χ0v) is 18.8. The number of nitrogens with zero attached hydrogens (tertiary/aromatic N) is 3.